The maximum Gasteiger partial charge on any atom is 0.0639 e. The van der Waals surface area contributed by atoms with Crippen molar-refractivity contribution in [2.75, 3.05) is 13.2 Å². The lowest BCUT2D eigenvalue weighted by atomic mass is 9.91. The second-order valence-corrected chi connectivity index (χ2v) is 9.19. The lowest BCUT2D eigenvalue weighted by Gasteiger charge is -2.15. The number of benzene rings is 2. The highest BCUT2D eigenvalue weighted by Crippen LogP contribution is 2.58. The highest BCUT2D eigenvalue weighted by molar-refractivity contribution is 5.28. The van der Waals surface area contributed by atoms with Crippen molar-refractivity contribution in [1.82, 2.24) is 0 Å². The summed E-state index contributed by atoms with van der Waals surface area (Å²) in [4.78, 5) is 0. The standard InChI is InChI=1S/C14H20O.C13H18O/c1-10-4-6-12(7-5-10)11(2)13-8-14(13,3)9-15;1-10-4-6-13(7-5-10)12(3)8-11(2)9-14/h4-7,11,13,15H,8-9H2,1-3H3;4-8,12,14H,9H2,1-3H3/b;11-8-. The topological polar surface area (TPSA) is 40.5 Å². The predicted molar refractivity (Wildman–Crippen MR) is 123 cm³/mol. The van der Waals surface area contributed by atoms with E-state index in [-0.39, 0.29) is 12.0 Å². The maximum absolute atomic E-state index is 9.28. The van der Waals surface area contributed by atoms with Gasteiger partial charge in [0.1, 0.15) is 0 Å². The Morgan fingerprint density at radius 1 is 0.966 bits per heavy atom. The van der Waals surface area contributed by atoms with Crippen LogP contribution in [-0.2, 0) is 0 Å². The molecular formula is C27H38O2. The van der Waals surface area contributed by atoms with Crippen LogP contribution < -0.4 is 0 Å². The van der Waals surface area contributed by atoms with E-state index in [0.29, 0.717) is 24.4 Å². The lowest BCUT2D eigenvalue weighted by Crippen LogP contribution is -2.08. The molecule has 0 aliphatic heterocycles. The van der Waals surface area contributed by atoms with E-state index in [1.165, 1.54) is 28.7 Å². The first kappa shape index (κ1) is 23.4. The minimum Gasteiger partial charge on any atom is -0.396 e. The average molecular weight is 395 g/mol. The second kappa shape index (κ2) is 10.2. The minimum absolute atomic E-state index is 0.149. The third kappa shape index (κ3) is 6.55. The monoisotopic (exact) mass is 394 g/mol. The van der Waals surface area contributed by atoms with Gasteiger partial charge < -0.3 is 10.2 Å². The molecule has 2 nitrogen and oxygen atoms in total. The van der Waals surface area contributed by atoms with Gasteiger partial charge in [-0.1, -0.05) is 92.1 Å². The van der Waals surface area contributed by atoms with Crippen LogP contribution in [0.2, 0.25) is 0 Å². The Kier molecular flexibility index (Phi) is 8.24. The fourth-order valence-corrected chi connectivity index (χ4v) is 3.95. The zero-order chi connectivity index (χ0) is 21.6. The van der Waals surface area contributed by atoms with Crippen molar-refractivity contribution in [1.29, 1.82) is 0 Å². The number of allylic oxidation sites excluding steroid dienone is 1. The highest BCUT2D eigenvalue weighted by atomic mass is 16.3. The van der Waals surface area contributed by atoms with E-state index in [0.717, 1.165) is 5.57 Å². The number of hydrogen-bond acceptors (Lipinski definition) is 2. The van der Waals surface area contributed by atoms with Crippen LogP contribution in [0.4, 0.5) is 0 Å². The van der Waals surface area contributed by atoms with E-state index in [4.69, 9.17) is 5.11 Å². The van der Waals surface area contributed by atoms with Gasteiger partial charge >= 0.3 is 0 Å². The fourth-order valence-electron chi connectivity index (χ4n) is 3.95. The van der Waals surface area contributed by atoms with Gasteiger partial charge in [-0.25, -0.2) is 0 Å². The summed E-state index contributed by atoms with van der Waals surface area (Å²) in [6, 6.07) is 17.3. The van der Waals surface area contributed by atoms with Crippen molar-refractivity contribution >= 4 is 0 Å². The molecule has 2 N–H and O–H groups in total. The Morgan fingerprint density at radius 2 is 1.45 bits per heavy atom. The molecule has 0 saturated heterocycles. The Balaban J connectivity index is 0.000000208. The van der Waals surface area contributed by atoms with Gasteiger partial charge in [0.15, 0.2) is 0 Å². The third-order valence-electron chi connectivity index (χ3n) is 6.38. The largest absolute Gasteiger partial charge is 0.396 e. The van der Waals surface area contributed by atoms with E-state index in [2.05, 4.69) is 89.2 Å². The Hall–Kier alpha value is -1.90. The first-order chi connectivity index (χ1) is 13.7. The first-order valence-corrected chi connectivity index (χ1v) is 10.7. The van der Waals surface area contributed by atoms with Crippen molar-refractivity contribution in [3.63, 3.8) is 0 Å². The number of aliphatic hydroxyl groups excluding tert-OH is 2. The number of aryl methyl sites for hydroxylation is 2. The zero-order valence-electron chi connectivity index (χ0n) is 18.9. The Morgan fingerprint density at radius 3 is 1.86 bits per heavy atom. The van der Waals surface area contributed by atoms with Crippen LogP contribution in [-0.4, -0.2) is 23.4 Å². The number of hydrogen-bond donors (Lipinski definition) is 2. The molecule has 0 aromatic heterocycles. The number of rotatable bonds is 6. The number of aliphatic hydroxyl groups is 2. The summed E-state index contributed by atoms with van der Waals surface area (Å²) in [6.45, 7) is 13.2. The summed E-state index contributed by atoms with van der Waals surface area (Å²) in [6.07, 6.45) is 3.27. The van der Waals surface area contributed by atoms with E-state index in [1.54, 1.807) is 0 Å². The normalized spacial score (nSPS) is 23.0. The summed E-state index contributed by atoms with van der Waals surface area (Å²) in [5, 5.41) is 18.2. The van der Waals surface area contributed by atoms with Crippen molar-refractivity contribution in [2.24, 2.45) is 11.3 Å². The van der Waals surface area contributed by atoms with Crippen LogP contribution in [0.1, 0.15) is 68.2 Å². The van der Waals surface area contributed by atoms with Gasteiger partial charge in [0.05, 0.1) is 6.61 Å². The molecule has 0 amide bonds. The highest BCUT2D eigenvalue weighted by Gasteiger charge is 2.52. The molecule has 4 unspecified atom stereocenters. The Bertz CT molecular complexity index is 788. The third-order valence-corrected chi connectivity index (χ3v) is 6.38. The maximum atomic E-state index is 9.28. The molecule has 0 heterocycles. The van der Waals surface area contributed by atoms with Gasteiger partial charge in [-0.2, -0.15) is 0 Å². The quantitative estimate of drug-likeness (QED) is 0.577. The fraction of sp³-hybridized carbons (Fsp3) is 0.481. The van der Waals surface area contributed by atoms with Gasteiger partial charge in [-0.3, -0.25) is 0 Å². The molecule has 1 aliphatic carbocycles. The molecule has 2 aromatic carbocycles. The van der Waals surface area contributed by atoms with Crippen LogP contribution in [0.3, 0.4) is 0 Å². The molecule has 1 fully saturated rings. The van der Waals surface area contributed by atoms with E-state index in [1.807, 2.05) is 6.92 Å². The van der Waals surface area contributed by atoms with Crippen molar-refractivity contribution in [2.45, 2.75) is 59.8 Å². The molecule has 0 spiro atoms. The Labute approximate surface area is 177 Å². The van der Waals surface area contributed by atoms with Gasteiger partial charge in [0.25, 0.3) is 0 Å². The molecule has 0 bridgehead atoms. The second-order valence-electron chi connectivity index (χ2n) is 9.19. The van der Waals surface area contributed by atoms with Crippen LogP contribution in [0, 0.1) is 25.2 Å². The SMILES string of the molecule is C/C(=C/C(C)c1ccc(C)cc1)CO.Cc1ccc(C(C)C2CC2(C)CO)cc1. The van der Waals surface area contributed by atoms with Gasteiger partial charge in [0.2, 0.25) is 0 Å². The van der Waals surface area contributed by atoms with Crippen molar-refractivity contribution in [3.05, 3.63) is 82.4 Å². The van der Waals surface area contributed by atoms with Crippen LogP contribution in [0.25, 0.3) is 0 Å². The molecule has 1 saturated carbocycles. The molecular weight excluding hydrogens is 356 g/mol. The molecule has 3 rings (SSSR count). The van der Waals surface area contributed by atoms with Crippen LogP contribution in [0.5, 0.6) is 0 Å². The van der Waals surface area contributed by atoms with E-state index in [9.17, 15) is 5.11 Å². The summed E-state index contributed by atoms with van der Waals surface area (Å²) in [5.41, 5.74) is 6.50. The summed E-state index contributed by atoms with van der Waals surface area (Å²) in [7, 11) is 0. The first-order valence-electron chi connectivity index (χ1n) is 10.7. The summed E-state index contributed by atoms with van der Waals surface area (Å²) < 4.78 is 0. The molecule has 4 atom stereocenters. The van der Waals surface area contributed by atoms with E-state index < -0.39 is 0 Å². The van der Waals surface area contributed by atoms with Crippen LogP contribution in [0.15, 0.2) is 60.2 Å². The van der Waals surface area contributed by atoms with Crippen LogP contribution >= 0.6 is 0 Å². The summed E-state index contributed by atoms with van der Waals surface area (Å²) in [5.74, 6) is 1.61. The molecule has 1 aliphatic rings. The van der Waals surface area contributed by atoms with Gasteiger partial charge in [-0.05, 0) is 61.5 Å². The zero-order valence-corrected chi connectivity index (χ0v) is 18.9. The van der Waals surface area contributed by atoms with E-state index >= 15 is 0 Å². The smallest absolute Gasteiger partial charge is 0.0639 e. The molecule has 158 valence electrons. The lowest BCUT2D eigenvalue weighted by molar-refractivity contribution is 0.207. The van der Waals surface area contributed by atoms with Gasteiger partial charge in [-0.15, -0.1) is 0 Å². The minimum atomic E-state index is 0.149. The predicted octanol–water partition coefficient (Wildman–Crippen LogP) is 6.15. The van der Waals surface area contributed by atoms with Crippen molar-refractivity contribution in [3.8, 4) is 0 Å². The molecule has 2 heteroatoms. The summed E-state index contributed by atoms with van der Waals surface area (Å²) >= 11 is 0. The van der Waals surface area contributed by atoms with Gasteiger partial charge in [0, 0.05) is 6.61 Å². The molecule has 2 aromatic rings. The molecule has 29 heavy (non-hydrogen) atoms. The molecule has 0 radical (unpaired) electrons. The van der Waals surface area contributed by atoms with Crippen molar-refractivity contribution < 1.29 is 10.2 Å². The average Bonchev–Trinajstić information content (AvgIpc) is 3.41.